The number of rotatable bonds is 11. The number of aliphatic imine (C=N–C) groups is 2. The van der Waals surface area contributed by atoms with Crippen molar-refractivity contribution in [2.45, 2.75) is 38.1 Å². The number of carbonyl (C=O) groups is 1. The zero-order valence-corrected chi connectivity index (χ0v) is 23.9. The number of piperidine rings is 1. The molecular weight excluding hydrogens is 550 g/mol. The van der Waals surface area contributed by atoms with Crippen LogP contribution in [0.2, 0.25) is 0 Å². The molecule has 2 aromatic rings. The van der Waals surface area contributed by atoms with E-state index < -0.39 is 12.0 Å². The van der Waals surface area contributed by atoms with Gasteiger partial charge in [-0.05, 0) is 68.3 Å². The molecule has 2 heterocycles. The molecule has 2 aromatic carbocycles. The first kappa shape index (κ1) is 28.0. The third-order valence-electron chi connectivity index (χ3n) is 6.76. The average molecular weight is 587 g/mol. The van der Waals surface area contributed by atoms with Crippen molar-refractivity contribution in [1.82, 2.24) is 4.90 Å². The third kappa shape index (κ3) is 8.50. The zero-order valence-electron chi connectivity index (χ0n) is 21.5. The average Bonchev–Trinajstić information content (AvgIpc) is 2.94. The minimum atomic E-state index is -0.608. The summed E-state index contributed by atoms with van der Waals surface area (Å²) in [5, 5.41) is 0.663. The molecule has 0 N–H and O–H groups in total. The number of thioether (sulfide) groups is 1. The van der Waals surface area contributed by atoms with Crippen molar-refractivity contribution in [3.8, 4) is 0 Å². The predicted molar refractivity (Wildman–Crippen MR) is 156 cm³/mol. The number of aryl methyl sites for hydroxylation is 1. The molecule has 1 fully saturated rings. The summed E-state index contributed by atoms with van der Waals surface area (Å²) in [7, 11) is 0. The van der Waals surface area contributed by atoms with Gasteiger partial charge in [0.1, 0.15) is 5.92 Å². The highest BCUT2D eigenvalue weighted by Crippen LogP contribution is 2.34. The number of hydrogen-bond acceptors (Lipinski definition) is 7. The Balaban J connectivity index is 1.43. The van der Waals surface area contributed by atoms with Crippen molar-refractivity contribution in [3.63, 3.8) is 0 Å². The molecule has 0 radical (unpaired) electrons. The summed E-state index contributed by atoms with van der Waals surface area (Å²) in [6.07, 6.45) is 7.42. The number of hydrogen-bond donors (Lipinski definition) is 0. The van der Waals surface area contributed by atoms with E-state index >= 15 is 0 Å². The van der Waals surface area contributed by atoms with Crippen LogP contribution < -0.4 is 0 Å². The molecule has 0 spiro atoms. The van der Waals surface area contributed by atoms with E-state index in [1.54, 1.807) is 0 Å². The molecule has 0 saturated carbocycles. The van der Waals surface area contributed by atoms with Crippen LogP contribution in [0, 0.1) is 5.92 Å². The summed E-state index contributed by atoms with van der Waals surface area (Å²) >= 11 is 4.99. The first-order chi connectivity index (χ1) is 18.1. The second kappa shape index (κ2) is 14.8. The van der Waals surface area contributed by atoms with E-state index in [4.69, 9.17) is 19.5 Å². The second-order valence-electron chi connectivity index (χ2n) is 9.40. The zero-order chi connectivity index (χ0) is 25.9. The molecule has 2 atom stereocenters. The molecule has 8 heteroatoms. The van der Waals surface area contributed by atoms with Crippen molar-refractivity contribution in [1.29, 1.82) is 0 Å². The van der Waals surface area contributed by atoms with Crippen LogP contribution in [0.3, 0.4) is 0 Å². The van der Waals surface area contributed by atoms with Crippen LogP contribution in [0.1, 0.15) is 42.9 Å². The highest BCUT2D eigenvalue weighted by Gasteiger charge is 2.38. The normalized spacial score (nSPS) is 20.3. The topological polar surface area (TPSA) is 63.5 Å². The Morgan fingerprint density at radius 3 is 2.54 bits per heavy atom. The highest BCUT2D eigenvalue weighted by molar-refractivity contribution is 9.10. The number of esters is 1. The number of likely N-dealkylation sites (tertiary alicyclic amines) is 1. The van der Waals surface area contributed by atoms with Gasteiger partial charge in [0, 0.05) is 11.0 Å². The summed E-state index contributed by atoms with van der Waals surface area (Å²) in [6, 6.07) is 17.8. The van der Waals surface area contributed by atoms with E-state index in [1.807, 2.05) is 48.7 Å². The van der Waals surface area contributed by atoms with Gasteiger partial charge >= 0.3 is 5.97 Å². The van der Waals surface area contributed by atoms with Gasteiger partial charge < -0.3 is 14.4 Å². The molecule has 0 bridgehead atoms. The van der Waals surface area contributed by atoms with Crippen LogP contribution in [0.4, 0.5) is 0 Å². The Morgan fingerprint density at radius 1 is 1.05 bits per heavy atom. The number of ether oxygens (including phenoxy) is 2. The van der Waals surface area contributed by atoms with E-state index in [2.05, 4.69) is 33.0 Å². The monoisotopic (exact) mass is 585 g/mol. The summed E-state index contributed by atoms with van der Waals surface area (Å²) in [5.74, 6) is -0.896. The van der Waals surface area contributed by atoms with Gasteiger partial charge in [-0.15, -0.1) is 0 Å². The lowest BCUT2D eigenvalue weighted by Crippen LogP contribution is -2.38. The molecule has 37 heavy (non-hydrogen) atoms. The summed E-state index contributed by atoms with van der Waals surface area (Å²) in [6.45, 7) is 4.45. The standard InChI is InChI=1S/C29H36BrN3O3S/c1-37-29-31-25(21-35-20-18-33-16-6-3-7-17-33)26(27(32-29)23-12-14-24(30)15-13-23)28(34)36-19-8-11-22-9-4-2-5-10-22/h2,4-5,9-10,12-15,26-27H,3,6-8,11,16-21H2,1H3. The molecule has 6 nitrogen and oxygen atoms in total. The van der Waals surface area contributed by atoms with Gasteiger partial charge in [-0.1, -0.05) is 76.6 Å². The quantitative estimate of drug-likeness (QED) is 0.240. The largest absolute Gasteiger partial charge is 0.465 e. The molecular formula is C29H36BrN3O3S. The van der Waals surface area contributed by atoms with Gasteiger partial charge in [0.15, 0.2) is 5.17 Å². The van der Waals surface area contributed by atoms with E-state index in [0.717, 1.165) is 42.5 Å². The first-order valence-electron chi connectivity index (χ1n) is 13.1. The summed E-state index contributed by atoms with van der Waals surface area (Å²) in [5.41, 5.74) is 2.89. The van der Waals surface area contributed by atoms with Crippen molar-refractivity contribution in [3.05, 3.63) is 70.2 Å². The van der Waals surface area contributed by atoms with Crippen LogP contribution >= 0.6 is 27.7 Å². The van der Waals surface area contributed by atoms with Gasteiger partial charge in [-0.2, -0.15) is 0 Å². The Bertz CT molecular complexity index is 1060. The van der Waals surface area contributed by atoms with E-state index in [0.29, 0.717) is 30.7 Å². The predicted octanol–water partition coefficient (Wildman–Crippen LogP) is 5.96. The minimum absolute atomic E-state index is 0.289. The summed E-state index contributed by atoms with van der Waals surface area (Å²) < 4.78 is 12.9. The fraction of sp³-hybridized carbons (Fsp3) is 0.483. The lowest BCUT2D eigenvalue weighted by atomic mass is 9.88. The Kier molecular flexibility index (Phi) is 11.2. The van der Waals surface area contributed by atoms with E-state index in [1.165, 1.54) is 36.6 Å². The maximum Gasteiger partial charge on any atom is 0.317 e. The van der Waals surface area contributed by atoms with Crippen molar-refractivity contribution < 1.29 is 14.3 Å². The van der Waals surface area contributed by atoms with Crippen LogP contribution in [0.25, 0.3) is 0 Å². The molecule has 2 unspecified atom stereocenters. The van der Waals surface area contributed by atoms with Gasteiger partial charge in [-0.3, -0.25) is 9.79 Å². The lowest BCUT2D eigenvalue weighted by Gasteiger charge is -2.29. The second-order valence-corrected chi connectivity index (χ2v) is 11.1. The number of nitrogens with zero attached hydrogens (tertiary/aromatic N) is 3. The fourth-order valence-electron chi connectivity index (χ4n) is 4.75. The highest BCUT2D eigenvalue weighted by atomic mass is 79.9. The number of amidine groups is 1. The molecule has 0 aliphatic carbocycles. The summed E-state index contributed by atoms with van der Waals surface area (Å²) in [4.78, 5) is 25.5. The van der Waals surface area contributed by atoms with Gasteiger partial charge in [0.05, 0.1) is 31.6 Å². The van der Waals surface area contributed by atoms with Gasteiger partial charge in [0.2, 0.25) is 0 Å². The minimum Gasteiger partial charge on any atom is -0.465 e. The molecule has 4 rings (SSSR count). The number of benzene rings is 2. The number of halogens is 1. The molecule has 0 amide bonds. The molecule has 2 aliphatic rings. The Labute approximate surface area is 233 Å². The third-order valence-corrected chi connectivity index (χ3v) is 7.85. The van der Waals surface area contributed by atoms with Crippen molar-refractivity contribution in [2.75, 3.05) is 45.7 Å². The molecule has 1 saturated heterocycles. The van der Waals surface area contributed by atoms with Crippen molar-refractivity contribution in [2.24, 2.45) is 15.9 Å². The molecule has 2 aliphatic heterocycles. The van der Waals surface area contributed by atoms with Gasteiger partial charge in [-0.25, -0.2) is 4.99 Å². The maximum atomic E-state index is 13.5. The lowest BCUT2D eigenvalue weighted by molar-refractivity contribution is -0.147. The van der Waals surface area contributed by atoms with E-state index in [9.17, 15) is 4.79 Å². The van der Waals surface area contributed by atoms with Crippen LogP contribution in [-0.2, 0) is 20.7 Å². The Morgan fingerprint density at radius 2 is 1.81 bits per heavy atom. The molecule has 198 valence electrons. The smallest absolute Gasteiger partial charge is 0.317 e. The van der Waals surface area contributed by atoms with Crippen LogP contribution in [-0.4, -0.2) is 67.5 Å². The van der Waals surface area contributed by atoms with Crippen LogP contribution in [0.5, 0.6) is 0 Å². The number of carbonyl (C=O) groups excluding carboxylic acids is 1. The van der Waals surface area contributed by atoms with Crippen molar-refractivity contribution >= 4 is 44.5 Å². The van der Waals surface area contributed by atoms with Crippen LogP contribution in [0.15, 0.2) is 69.1 Å². The fourth-order valence-corrected chi connectivity index (χ4v) is 5.44. The first-order valence-corrected chi connectivity index (χ1v) is 15.1. The SMILES string of the molecule is CSC1=NC(c2ccc(Br)cc2)C(C(=O)OCCCc2ccccc2)C(COCCN2CCCCC2)=N1. The van der Waals surface area contributed by atoms with E-state index in [-0.39, 0.29) is 5.97 Å². The van der Waals surface area contributed by atoms with Gasteiger partial charge in [0.25, 0.3) is 0 Å². The Hall–Kier alpha value is -2.00. The molecule has 0 aromatic heterocycles. The maximum absolute atomic E-state index is 13.5.